The molecule has 2 aromatic heterocycles. The van der Waals surface area contributed by atoms with Gasteiger partial charge in [0.05, 0.1) is 11.7 Å². The zero-order valence-electron chi connectivity index (χ0n) is 16.5. The van der Waals surface area contributed by atoms with Gasteiger partial charge in [0.1, 0.15) is 10.9 Å². The molecule has 0 saturated heterocycles. The molecule has 0 radical (unpaired) electrons. The Bertz CT molecular complexity index is 1260. The number of para-hydroxylation sites is 1. The van der Waals surface area contributed by atoms with E-state index < -0.39 is 6.04 Å². The number of benzene rings is 2. The number of hydrogen-bond donors (Lipinski definition) is 1. The van der Waals surface area contributed by atoms with Crippen LogP contribution in [0.5, 0.6) is 0 Å². The third-order valence-electron chi connectivity index (χ3n) is 5.03. The van der Waals surface area contributed by atoms with E-state index >= 15 is 0 Å². The average molecular weight is 404 g/mol. The predicted molar refractivity (Wildman–Crippen MR) is 119 cm³/mol. The lowest BCUT2D eigenvalue weighted by Crippen LogP contribution is -2.31. The summed E-state index contributed by atoms with van der Waals surface area (Å²) in [5.41, 5.74) is 4.65. The van der Waals surface area contributed by atoms with Crippen LogP contribution in [-0.2, 0) is 4.79 Å². The monoisotopic (exact) mass is 403 g/mol. The lowest BCUT2D eigenvalue weighted by atomic mass is 9.99. The third kappa shape index (κ3) is 3.59. The standard InChI is InChI=1S/C23H21N3O2S/c1-14-9-10-18(15(2)11-14)19-12-29-22-20(19)23(28)26(13-24-22)16(3)21(27)25-17-7-5-4-6-8-17/h4-13,16H,1-3H3,(H,25,27)/t16-/m1/s1. The maximum absolute atomic E-state index is 13.3. The summed E-state index contributed by atoms with van der Waals surface area (Å²) in [6.07, 6.45) is 1.46. The van der Waals surface area contributed by atoms with Crippen LogP contribution in [0.15, 0.2) is 65.0 Å². The summed E-state index contributed by atoms with van der Waals surface area (Å²) >= 11 is 1.44. The number of nitrogens with zero attached hydrogens (tertiary/aromatic N) is 2. The maximum atomic E-state index is 13.3. The van der Waals surface area contributed by atoms with Crippen LogP contribution in [0.3, 0.4) is 0 Å². The largest absolute Gasteiger partial charge is 0.324 e. The predicted octanol–water partition coefficient (Wildman–Crippen LogP) is 4.94. The van der Waals surface area contributed by atoms with Crippen molar-refractivity contribution >= 4 is 33.1 Å². The van der Waals surface area contributed by atoms with Gasteiger partial charge in [0.25, 0.3) is 5.56 Å². The first kappa shape index (κ1) is 19.1. The minimum atomic E-state index is -0.688. The summed E-state index contributed by atoms with van der Waals surface area (Å²) in [6.45, 7) is 5.79. The Hall–Kier alpha value is -3.25. The van der Waals surface area contributed by atoms with Gasteiger partial charge in [-0.25, -0.2) is 4.98 Å². The van der Waals surface area contributed by atoms with E-state index in [0.29, 0.717) is 15.9 Å². The first-order valence-corrected chi connectivity index (χ1v) is 10.3. The van der Waals surface area contributed by atoms with E-state index in [1.54, 1.807) is 6.92 Å². The Kier molecular flexibility index (Phi) is 5.03. The normalized spacial score (nSPS) is 12.1. The smallest absolute Gasteiger partial charge is 0.263 e. The SMILES string of the molecule is Cc1ccc(-c2csc3ncn([C@H](C)C(=O)Nc4ccccc4)c(=O)c23)c(C)c1. The van der Waals surface area contributed by atoms with Gasteiger partial charge < -0.3 is 5.32 Å². The zero-order valence-corrected chi connectivity index (χ0v) is 17.3. The van der Waals surface area contributed by atoms with Gasteiger partial charge in [0, 0.05) is 16.6 Å². The molecule has 29 heavy (non-hydrogen) atoms. The van der Waals surface area contributed by atoms with E-state index in [1.807, 2.05) is 61.7 Å². The van der Waals surface area contributed by atoms with E-state index in [2.05, 4.69) is 16.4 Å². The number of nitrogens with one attached hydrogen (secondary N) is 1. The van der Waals surface area contributed by atoms with Crippen molar-refractivity contribution < 1.29 is 4.79 Å². The fourth-order valence-corrected chi connectivity index (χ4v) is 4.33. The van der Waals surface area contributed by atoms with Crippen LogP contribution in [0.4, 0.5) is 5.69 Å². The minimum Gasteiger partial charge on any atom is -0.324 e. The fraction of sp³-hybridized carbons (Fsp3) is 0.174. The van der Waals surface area contributed by atoms with Gasteiger partial charge in [0.2, 0.25) is 5.91 Å². The highest BCUT2D eigenvalue weighted by atomic mass is 32.1. The Morgan fingerprint density at radius 2 is 1.86 bits per heavy atom. The van der Waals surface area contributed by atoms with Crippen LogP contribution < -0.4 is 10.9 Å². The van der Waals surface area contributed by atoms with Crippen molar-refractivity contribution in [3.63, 3.8) is 0 Å². The molecule has 4 aromatic rings. The van der Waals surface area contributed by atoms with Gasteiger partial charge in [-0.3, -0.25) is 14.2 Å². The highest BCUT2D eigenvalue weighted by Gasteiger charge is 2.21. The number of fused-ring (bicyclic) bond motifs is 1. The Balaban J connectivity index is 1.76. The number of hydrogen-bond acceptors (Lipinski definition) is 4. The van der Waals surface area contributed by atoms with E-state index in [4.69, 9.17) is 0 Å². The Morgan fingerprint density at radius 3 is 2.59 bits per heavy atom. The molecule has 2 heterocycles. The van der Waals surface area contributed by atoms with Crippen molar-refractivity contribution in [2.45, 2.75) is 26.8 Å². The summed E-state index contributed by atoms with van der Waals surface area (Å²) in [6, 6.07) is 14.7. The average Bonchev–Trinajstić information content (AvgIpc) is 3.13. The second-order valence-electron chi connectivity index (χ2n) is 7.14. The molecule has 6 heteroatoms. The molecule has 1 amide bonds. The summed E-state index contributed by atoms with van der Waals surface area (Å²) in [5, 5.41) is 5.37. The second-order valence-corrected chi connectivity index (χ2v) is 7.99. The maximum Gasteiger partial charge on any atom is 0.263 e. The topological polar surface area (TPSA) is 64.0 Å². The number of anilines is 1. The highest BCUT2D eigenvalue weighted by Crippen LogP contribution is 2.33. The highest BCUT2D eigenvalue weighted by molar-refractivity contribution is 7.17. The lowest BCUT2D eigenvalue weighted by Gasteiger charge is -2.15. The van der Waals surface area contributed by atoms with E-state index in [9.17, 15) is 9.59 Å². The molecule has 0 unspecified atom stereocenters. The van der Waals surface area contributed by atoms with E-state index in [-0.39, 0.29) is 11.5 Å². The number of aryl methyl sites for hydroxylation is 2. The molecule has 5 nitrogen and oxygen atoms in total. The zero-order chi connectivity index (χ0) is 20.5. The fourth-order valence-electron chi connectivity index (χ4n) is 3.43. The molecule has 0 aliphatic rings. The first-order chi connectivity index (χ1) is 14.0. The molecule has 0 aliphatic carbocycles. The number of amides is 1. The second kappa shape index (κ2) is 7.64. The van der Waals surface area contributed by atoms with Gasteiger partial charge >= 0.3 is 0 Å². The lowest BCUT2D eigenvalue weighted by molar-refractivity contribution is -0.118. The molecular formula is C23H21N3O2S. The van der Waals surface area contributed by atoms with Gasteiger partial charge in [-0.1, -0.05) is 42.0 Å². The van der Waals surface area contributed by atoms with Gasteiger partial charge in [-0.05, 0) is 44.0 Å². The van der Waals surface area contributed by atoms with E-state index in [0.717, 1.165) is 16.7 Å². The van der Waals surface area contributed by atoms with Crippen LogP contribution in [0.2, 0.25) is 0 Å². The number of rotatable bonds is 4. The van der Waals surface area contributed by atoms with Crippen molar-refractivity contribution in [1.82, 2.24) is 9.55 Å². The summed E-state index contributed by atoms with van der Waals surface area (Å²) in [7, 11) is 0. The number of aromatic nitrogens is 2. The van der Waals surface area contributed by atoms with Crippen LogP contribution in [0.1, 0.15) is 24.1 Å². The molecule has 0 bridgehead atoms. The van der Waals surface area contributed by atoms with Crippen LogP contribution in [0, 0.1) is 13.8 Å². The molecular weight excluding hydrogens is 382 g/mol. The number of thiophene rings is 1. The molecule has 0 saturated carbocycles. The summed E-state index contributed by atoms with van der Waals surface area (Å²) in [4.78, 5) is 31.1. The number of carbonyl (C=O) groups excluding carboxylic acids is 1. The third-order valence-corrected chi connectivity index (χ3v) is 5.92. The van der Waals surface area contributed by atoms with Crippen LogP contribution in [-0.4, -0.2) is 15.5 Å². The van der Waals surface area contributed by atoms with Crippen molar-refractivity contribution in [3.8, 4) is 11.1 Å². The van der Waals surface area contributed by atoms with Gasteiger partial charge in [-0.15, -0.1) is 11.3 Å². The van der Waals surface area contributed by atoms with E-state index in [1.165, 1.54) is 27.8 Å². The molecule has 2 aromatic carbocycles. The van der Waals surface area contributed by atoms with Crippen molar-refractivity contribution in [2.75, 3.05) is 5.32 Å². The molecule has 4 rings (SSSR count). The van der Waals surface area contributed by atoms with Crippen molar-refractivity contribution in [3.05, 3.63) is 81.7 Å². The Morgan fingerprint density at radius 1 is 1.10 bits per heavy atom. The van der Waals surface area contributed by atoms with Gasteiger partial charge in [-0.2, -0.15) is 0 Å². The number of carbonyl (C=O) groups is 1. The molecule has 1 N–H and O–H groups in total. The first-order valence-electron chi connectivity index (χ1n) is 9.37. The molecule has 0 aliphatic heterocycles. The van der Waals surface area contributed by atoms with Crippen LogP contribution in [0.25, 0.3) is 21.3 Å². The summed E-state index contributed by atoms with van der Waals surface area (Å²) in [5.74, 6) is -0.261. The molecule has 1 atom stereocenters. The quantitative estimate of drug-likeness (QED) is 0.525. The van der Waals surface area contributed by atoms with Crippen molar-refractivity contribution in [2.24, 2.45) is 0 Å². The molecule has 146 valence electrons. The molecule has 0 fully saturated rings. The molecule has 0 spiro atoms. The minimum absolute atomic E-state index is 0.207. The summed E-state index contributed by atoms with van der Waals surface area (Å²) < 4.78 is 1.40. The Labute approximate surface area is 172 Å². The van der Waals surface area contributed by atoms with Crippen LogP contribution >= 0.6 is 11.3 Å². The van der Waals surface area contributed by atoms with Gasteiger partial charge in [0.15, 0.2) is 0 Å². The van der Waals surface area contributed by atoms with Crippen molar-refractivity contribution in [1.29, 1.82) is 0 Å².